The molecule has 1 aromatic rings. The normalized spacial score (nSPS) is 18.9. The minimum atomic E-state index is -1.09. The summed E-state index contributed by atoms with van der Waals surface area (Å²) in [5.41, 5.74) is 1.53. The summed E-state index contributed by atoms with van der Waals surface area (Å²) in [7, 11) is 0. The second-order valence-electron chi connectivity index (χ2n) is 5.30. The summed E-state index contributed by atoms with van der Waals surface area (Å²) in [5.74, 6) is -1.39. The second kappa shape index (κ2) is 5.63. The molecule has 1 fully saturated rings. The lowest BCUT2D eigenvalue weighted by Crippen LogP contribution is -2.43. The summed E-state index contributed by atoms with van der Waals surface area (Å²) in [6.45, 7) is 4.25. The molecule has 1 atom stereocenters. The fourth-order valence-electron chi connectivity index (χ4n) is 2.66. The second-order valence-corrected chi connectivity index (χ2v) is 5.30. The van der Waals surface area contributed by atoms with Gasteiger partial charge in [-0.25, -0.2) is 4.79 Å². The molecule has 2 N–H and O–H groups in total. The molecule has 5 heteroatoms. The van der Waals surface area contributed by atoms with Gasteiger partial charge in [0.25, 0.3) is 5.91 Å². The van der Waals surface area contributed by atoms with Crippen LogP contribution in [0.4, 0.5) is 0 Å². The molecule has 1 heterocycles. The average Bonchev–Trinajstić information content (AvgIpc) is 2.40. The fourth-order valence-corrected chi connectivity index (χ4v) is 2.66. The molecule has 108 valence electrons. The van der Waals surface area contributed by atoms with Crippen LogP contribution in [-0.4, -0.2) is 46.2 Å². The van der Waals surface area contributed by atoms with Crippen LogP contribution in [0.5, 0.6) is 0 Å². The number of piperidine rings is 1. The number of rotatable bonds is 2. The molecule has 1 amide bonds. The minimum Gasteiger partial charge on any atom is -0.478 e. The zero-order valence-electron chi connectivity index (χ0n) is 11.7. The Hall–Kier alpha value is -1.88. The third kappa shape index (κ3) is 2.67. The third-order valence-electron chi connectivity index (χ3n) is 3.73. The number of aliphatic hydroxyl groups excluding tert-OH is 1. The van der Waals surface area contributed by atoms with Crippen LogP contribution in [0.15, 0.2) is 12.1 Å². The number of carbonyl (C=O) groups is 2. The number of likely N-dealkylation sites (tertiary alicyclic amines) is 1. The molecule has 0 aliphatic carbocycles. The largest absolute Gasteiger partial charge is 0.478 e. The predicted molar refractivity (Wildman–Crippen MR) is 74.0 cm³/mol. The van der Waals surface area contributed by atoms with Crippen molar-refractivity contribution in [1.82, 2.24) is 4.90 Å². The smallest absolute Gasteiger partial charge is 0.336 e. The van der Waals surface area contributed by atoms with Crippen molar-refractivity contribution < 1.29 is 19.8 Å². The first-order valence-electron chi connectivity index (χ1n) is 6.72. The molecule has 1 saturated heterocycles. The highest BCUT2D eigenvalue weighted by Gasteiger charge is 2.28. The fraction of sp³-hybridized carbons (Fsp3) is 0.467. The van der Waals surface area contributed by atoms with Gasteiger partial charge in [-0.15, -0.1) is 0 Å². The molecule has 1 aromatic carbocycles. The summed E-state index contributed by atoms with van der Waals surface area (Å²) in [4.78, 5) is 25.6. The van der Waals surface area contributed by atoms with Gasteiger partial charge in [0.15, 0.2) is 0 Å². The number of benzene rings is 1. The molecule has 0 spiro atoms. The third-order valence-corrected chi connectivity index (χ3v) is 3.73. The van der Waals surface area contributed by atoms with Crippen molar-refractivity contribution in [2.45, 2.75) is 32.8 Å². The summed E-state index contributed by atoms with van der Waals surface area (Å²) in [6, 6.07) is 3.47. The summed E-state index contributed by atoms with van der Waals surface area (Å²) in [5, 5.41) is 19.0. The van der Waals surface area contributed by atoms with E-state index in [-0.39, 0.29) is 23.6 Å². The molecule has 0 bridgehead atoms. The van der Waals surface area contributed by atoms with Crippen molar-refractivity contribution in [2.24, 2.45) is 0 Å². The number of amides is 1. The van der Waals surface area contributed by atoms with Crippen molar-refractivity contribution in [3.05, 3.63) is 34.4 Å². The van der Waals surface area contributed by atoms with Gasteiger partial charge >= 0.3 is 5.97 Å². The topological polar surface area (TPSA) is 77.8 Å². The number of carboxylic acid groups (broad SMARTS) is 1. The van der Waals surface area contributed by atoms with E-state index in [2.05, 4.69) is 0 Å². The van der Waals surface area contributed by atoms with Crippen molar-refractivity contribution in [2.75, 3.05) is 13.1 Å². The van der Waals surface area contributed by atoms with E-state index >= 15 is 0 Å². The molecule has 5 nitrogen and oxygen atoms in total. The van der Waals surface area contributed by atoms with Crippen LogP contribution >= 0.6 is 0 Å². The molecule has 1 aliphatic rings. The summed E-state index contributed by atoms with van der Waals surface area (Å²) < 4.78 is 0. The average molecular weight is 277 g/mol. The Morgan fingerprint density at radius 3 is 2.35 bits per heavy atom. The van der Waals surface area contributed by atoms with Crippen LogP contribution in [0.2, 0.25) is 0 Å². The molecule has 20 heavy (non-hydrogen) atoms. The van der Waals surface area contributed by atoms with E-state index in [9.17, 15) is 19.8 Å². The number of hydrogen-bond donors (Lipinski definition) is 2. The Bertz CT molecular complexity index is 553. The molecular formula is C15H19NO4. The molecule has 0 radical (unpaired) electrons. The van der Waals surface area contributed by atoms with Gasteiger partial charge in [0.1, 0.15) is 0 Å². The highest BCUT2D eigenvalue weighted by molar-refractivity contribution is 6.06. The molecule has 0 unspecified atom stereocenters. The maximum atomic E-state index is 12.6. The van der Waals surface area contributed by atoms with E-state index < -0.39 is 12.1 Å². The number of hydrogen-bond acceptors (Lipinski definition) is 3. The molecule has 2 rings (SSSR count). The van der Waals surface area contributed by atoms with Crippen LogP contribution in [0, 0.1) is 13.8 Å². The maximum absolute atomic E-state index is 12.6. The quantitative estimate of drug-likeness (QED) is 0.860. The number of carbonyl (C=O) groups excluding carboxylic acids is 1. The van der Waals surface area contributed by atoms with E-state index in [4.69, 9.17) is 0 Å². The zero-order chi connectivity index (χ0) is 14.9. The van der Waals surface area contributed by atoms with E-state index in [0.29, 0.717) is 24.1 Å². The summed E-state index contributed by atoms with van der Waals surface area (Å²) in [6.07, 6.45) is 0.897. The van der Waals surface area contributed by atoms with Crippen molar-refractivity contribution >= 4 is 11.9 Å². The first-order chi connectivity index (χ1) is 9.41. The Morgan fingerprint density at radius 2 is 1.80 bits per heavy atom. The Kier molecular flexibility index (Phi) is 4.09. The van der Waals surface area contributed by atoms with E-state index in [1.54, 1.807) is 30.9 Å². The number of nitrogens with zero attached hydrogens (tertiary/aromatic N) is 1. The van der Waals surface area contributed by atoms with Crippen LogP contribution < -0.4 is 0 Å². The Balaban J connectivity index is 2.43. The van der Waals surface area contributed by atoms with Gasteiger partial charge in [-0.1, -0.05) is 12.1 Å². The van der Waals surface area contributed by atoms with Gasteiger partial charge in [-0.2, -0.15) is 0 Å². The van der Waals surface area contributed by atoms with E-state index in [0.717, 1.165) is 6.42 Å². The van der Waals surface area contributed by atoms with Crippen molar-refractivity contribution in [1.29, 1.82) is 0 Å². The van der Waals surface area contributed by atoms with Crippen molar-refractivity contribution in [3.63, 3.8) is 0 Å². The number of β-amino-alcohol motifs (C(OH)–C–C–N with tert-alkyl or cyclic N) is 1. The maximum Gasteiger partial charge on any atom is 0.336 e. The van der Waals surface area contributed by atoms with Crippen LogP contribution in [0.3, 0.4) is 0 Å². The van der Waals surface area contributed by atoms with Crippen LogP contribution in [0.25, 0.3) is 0 Å². The lowest BCUT2D eigenvalue weighted by molar-refractivity contribution is 0.0467. The standard InChI is InChI=1S/C15H19NO4/c1-9-5-6-10(2)13(15(19)20)12(9)14(18)16-7-3-4-11(17)8-16/h5-6,11,17H,3-4,7-8H2,1-2H3,(H,19,20)/t11-/m0/s1. The number of aryl methyl sites for hydroxylation is 2. The van der Waals surface area contributed by atoms with Gasteiger partial charge in [0, 0.05) is 13.1 Å². The van der Waals surface area contributed by atoms with E-state index in [1.165, 1.54) is 0 Å². The predicted octanol–water partition coefficient (Wildman–Crippen LogP) is 1.60. The summed E-state index contributed by atoms with van der Waals surface area (Å²) >= 11 is 0. The highest BCUT2D eigenvalue weighted by Crippen LogP contribution is 2.22. The zero-order valence-corrected chi connectivity index (χ0v) is 11.7. The Morgan fingerprint density at radius 1 is 1.20 bits per heavy atom. The van der Waals surface area contributed by atoms with Crippen molar-refractivity contribution in [3.8, 4) is 0 Å². The SMILES string of the molecule is Cc1ccc(C)c(C(=O)N2CCC[C@H](O)C2)c1C(=O)O. The first-order valence-corrected chi connectivity index (χ1v) is 6.72. The van der Waals surface area contributed by atoms with Gasteiger partial charge in [-0.05, 0) is 37.8 Å². The van der Waals surface area contributed by atoms with Gasteiger partial charge in [0.2, 0.25) is 0 Å². The molecule has 1 aliphatic heterocycles. The van der Waals surface area contributed by atoms with Gasteiger partial charge < -0.3 is 15.1 Å². The molecule has 0 saturated carbocycles. The lowest BCUT2D eigenvalue weighted by Gasteiger charge is -2.31. The van der Waals surface area contributed by atoms with Gasteiger partial charge in [-0.3, -0.25) is 4.79 Å². The van der Waals surface area contributed by atoms with Crippen LogP contribution in [-0.2, 0) is 0 Å². The lowest BCUT2D eigenvalue weighted by atomic mass is 9.95. The van der Waals surface area contributed by atoms with E-state index in [1.807, 2.05) is 0 Å². The number of aliphatic hydroxyl groups is 1. The number of carboxylic acids is 1. The molecular weight excluding hydrogens is 258 g/mol. The van der Waals surface area contributed by atoms with Gasteiger partial charge in [0.05, 0.1) is 17.2 Å². The highest BCUT2D eigenvalue weighted by atomic mass is 16.4. The van der Waals surface area contributed by atoms with Crippen LogP contribution in [0.1, 0.15) is 44.7 Å². The minimum absolute atomic E-state index is 0.0649. The molecule has 0 aromatic heterocycles. The number of aromatic carboxylic acids is 1. The monoisotopic (exact) mass is 277 g/mol. The first kappa shape index (κ1) is 14.5. The Labute approximate surface area is 117 Å².